The smallest absolute Gasteiger partial charge is 0.336 e. The Morgan fingerprint density at radius 2 is 1.36 bits per heavy atom. The summed E-state index contributed by atoms with van der Waals surface area (Å²) < 4.78 is 8.39. The quantitative estimate of drug-likeness (QED) is 0.0281. The number of fused-ring (bicyclic) bond motifs is 2. The summed E-state index contributed by atoms with van der Waals surface area (Å²) in [4.78, 5) is 40.2. The number of nitrogens with one attached hydrogen (secondary N) is 2. The number of carboxylic acid groups (broad SMARTS) is 1. The number of anilines is 1. The van der Waals surface area contributed by atoms with Crippen LogP contribution in [0, 0.1) is 0 Å². The molecule has 1 aliphatic heterocycles. The first-order valence-corrected chi connectivity index (χ1v) is 21.3. The molecule has 0 bridgehead atoms. The molecule has 0 spiro atoms. The van der Waals surface area contributed by atoms with E-state index in [4.69, 9.17) is 4.42 Å². The highest BCUT2D eigenvalue weighted by Crippen LogP contribution is 2.42. The Labute approximate surface area is 351 Å². The molecule has 0 aromatic heterocycles. The fraction of sp³-hybridized carbons (Fsp3) is 0.400. The average Bonchev–Trinajstić information content (AvgIpc) is 3.22. The third-order valence-corrected chi connectivity index (χ3v) is 10.2. The van der Waals surface area contributed by atoms with E-state index in [1.165, 1.54) is 31.7 Å². The fourth-order valence-electron chi connectivity index (χ4n) is 6.78. The van der Waals surface area contributed by atoms with Gasteiger partial charge in [-0.05, 0) is 100 Å². The van der Waals surface area contributed by atoms with Crippen molar-refractivity contribution in [1.82, 2.24) is 15.2 Å². The molecule has 2 amide bonds. The van der Waals surface area contributed by atoms with E-state index in [0.717, 1.165) is 78.9 Å². The third-order valence-electron chi connectivity index (χ3n) is 10.2. The molecule has 2 aromatic carbocycles. The second-order valence-corrected chi connectivity index (χ2v) is 15.3. The molecular weight excluding hydrogens is 737 g/mol. The van der Waals surface area contributed by atoms with Crippen molar-refractivity contribution in [2.75, 3.05) is 46.2 Å². The minimum absolute atomic E-state index is 0.0368. The summed E-state index contributed by atoms with van der Waals surface area (Å²) in [6.45, 7) is 3.28. The second kappa shape index (κ2) is 24.9. The van der Waals surface area contributed by atoms with Gasteiger partial charge in [0.25, 0.3) is 5.91 Å². The summed E-state index contributed by atoms with van der Waals surface area (Å²) in [7, 11) is 7.82. The van der Waals surface area contributed by atoms with Crippen molar-refractivity contribution in [3.8, 4) is 22.5 Å². The van der Waals surface area contributed by atoms with Gasteiger partial charge in [-0.2, -0.15) is 0 Å². The maximum Gasteiger partial charge on any atom is 0.336 e. The van der Waals surface area contributed by atoms with Crippen LogP contribution in [0.25, 0.3) is 33.4 Å². The average molecular weight is 802 g/mol. The summed E-state index contributed by atoms with van der Waals surface area (Å²) in [5, 5.41) is 18.1. The van der Waals surface area contributed by atoms with Gasteiger partial charge in [0, 0.05) is 73.5 Å². The van der Waals surface area contributed by atoms with Gasteiger partial charge in [-0.25, -0.2) is 9.37 Å². The first-order valence-electron chi connectivity index (χ1n) is 21.3. The minimum atomic E-state index is -1.12. The molecule has 1 aliphatic carbocycles. The molecular formula is C50H65N4O5+. The molecule has 9 heteroatoms. The van der Waals surface area contributed by atoms with Crippen LogP contribution in [0.1, 0.15) is 111 Å². The number of amides is 2. The van der Waals surface area contributed by atoms with Gasteiger partial charge < -0.3 is 25.1 Å². The Balaban J connectivity index is 1.19. The van der Waals surface area contributed by atoms with E-state index in [0.29, 0.717) is 36.4 Å². The van der Waals surface area contributed by atoms with Gasteiger partial charge in [-0.1, -0.05) is 74.4 Å². The number of benzene rings is 3. The van der Waals surface area contributed by atoms with E-state index in [-0.39, 0.29) is 22.9 Å². The largest absolute Gasteiger partial charge is 0.478 e. The Morgan fingerprint density at radius 3 is 2.00 bits per heavy atom. The number of hydrogen-bond acceptors (Lipinski definition) is 5. The van der Waals surface area contributed by atoms with Crippen LogP contribution in [-0.4, -0.2) is 64.2 Å². The van der Waals surface area contributed by atoms with Crippen molar-refractivity contribution < 1.29 is 23.9 Å². The number of carboxylic acids is 1. The molecule has 0 fully saturated rings. The highest BCUT2D eigenvalue weighted by Gasteiger charge is 2.23. The summed E-state index contributed by atoms with van der Waals surface area (Å²) in [5.74, 6) is -0.755. The summed E-state index contributed by atoms with van der Waals surface area (Å²) in [6.07, 6.45) is 30.2. The van der Waals surface area contributed by atoms with Gasteiger partial charge in [0.05, 0.1) is 11.6 Å². The minimum Gasteiger partial charge on any atom is -0.478 e. The summed E-state index contributed by atoms with van der Waals surface area (Å²) >= 11 is 0. The zero-order chi connectivity index (χ0) is 42.4. The first-order chi connectivity index (χ1) is 28.6. The van der Waals surface area contributed by atoms with Crippen molar-refractivity contribution in [1.29, 1.82) is 0 Å². The van der Waals surface area contributed by atoms with Crippen LogP contribution in [0.2, 0.25) is 0 Å². The molecule has 314 valence electrons. The Morgan fingerprint density at radius 1 is 0.712 bits per heavy atom. The number of carbonyl (C=O) groups is 3. The van der Waals surface area contributed by atoms with Crippen LogP contribution in [-0.2, 0) is 4.79 Å². The molecule has 2 aromatic rings. The topological polar surface area (TPSA) is 115 Å². The fourth-order valence-corrected chi connectivity index (χ4v) is 6.78. The molecule has 0 unspecified atom stereocenters. The molecule has 1 heterocycles. The molecule has 59 heavy (non-hydrogen) atoms. The van der Waals surface area contributed by atoms with Crippen molar-refractivity contribution >= 4 is 34.4 Å². The standard InChI is InChI=1S/C50H64N4O5/c1-6-7-8-9-10-11-12-13-14-15-16-17-18-19-20-21-23-26-47(55)51-33-24-22-25-34-52-49(56)38-27-30-41(44(35-38)50(57)58)48-42-31-28-39(53(2)3)36-45(42)59-46-37-40(54(4)5)29-32-43(46)48/h10-11,13-14,16-17,19-20,27-32,35-37H,6-9,12,15,18,21-26,33-34H2,1-5H3,(H2-,51,52,55,56,57,58)/p+1/b11-10-,14-13-,17-16-,20-19-. The Hall–Kier alpha value is -5.70. The predicted molar refractivity (Wildman–Crippen MR) is 244 cm³/mol. The van der Waals surface area contributed by atoms with E-state index in [9.17, 15) is 19.5 Å². The van der Waals surface area contributed by atoms with E-state index >= 15 is 0 Å². The zero-order valence-corrected chi connectivity index (χ0v) is 35.9. The van der Waals surface area contributed by atoms with Crippen LogP contribution < -0.4 is 25.5 Å². The lowest BCUT2D eigenvalue weighted by Gasteiger charge is -2.19. The van der Waals surface area contributed by atoms with Gasteiger partial charge in [0.15, 0.2) is 0 Å². The van der Waals surface area contributed by atoms with Gasteiger partial charge >= 0.3 is 5.97 Å². The predicted octanol–water partition coefficient (Wildman–Crippen LogP) is 10.2. The van der Waals surface area contributed by atoms with Gasteiger partial charge in [0.1, 0.15) is 25.4 Å². The maximum atomic E-state index is 13.2. The van der Waals surface area contributed by atoms with Gasteiger partial charge in [0.2, 0.25) is 11.3 Å². The van der Waals surface area contributed by atoms with Crippen LogP contribution >= 0.6 is 0 Å². The van der Waals surface area contributed by atoms with Gasteiger partial charge in [-0.3, -0.25) is 9.59 Å². The van der Waals surface area contributed by atoms with Gasteiger partial charge in [-0.15, -0.1) is 0 Å². The molecule has 0 saturated heterocycles. The van der Waals surface area contributed by atoms with Crippen LogP contribution in [0.4, 0.5) is 5.69 Å². The highest BCUT2D eigenvalue weighted by atomic mass is 16.4. The molecule has 2 aliphatic rings. The number of unbranched alkanes of at least 4 members (excludes halogenated alkanes) is 6. The number of allylic oxidation sites excluding steroid dienone is 8. The van der Waals surface area contributed by atoms with E-state index < -0.39 is 5.97 Å². The molecule has 0 radical (unpaired) electrons. The second-order valence-electron chi connectivity index (χ2n) is 15.3. The lowest BCUT2D eigenvalue weighted by atomic mass is 9.89. The van der Waals surface area contributed by atoms with Crippen molar-refractivity contribution in [2.45, 2.75) is 90.4 Å². The first kappa shape index (κ1) is 46.0. The van der Waals surface area contributed by atoms with E-state index in [1.54, 1.807) is 12.1 Å². The normalized spacial score (nSPS) is 11.8. The van der Waals surface area contributed by atoms with Crippen LogP contribution in [0.15, 0.2) is 108 Å². The number of carbonyl (C=O) groups excluding carboxylic acids is 2. The summed E-state index contributed by atoms with van der Waals surface area (Å²) in [5.41, 5.74) is 3.92. The highest BCUT2D eigenvalue weighted by molar-refractivity contribution is 6.09. The number of rotatable bonds is 24. The molecule has 9 nitrogen and oxygen atoms in total. The maximum absolute atomic E-state index is 13.2. The Kier molecular flexibility index (Phi) is 19.4. The van der Waals surface area contributed by atoms with E-state index in [1.807, 2.05) is 74.1 Å². The number of hydrogen-bond donors (Lipinski definition) is 3. The molecule has 4 rings (SSSR count). The monoisotopic (exact) mass is 801 g/mol. The van der Waals surface area contributed by atoms with Crippen molar-refractivity contribution in [3.05, 3.63) is 120 Å². The number of nitrogens with zero attached hydrogens (tertiary/aromatic N) is 2. The van der Waals surface area contributed by atoms with E-state index in [2.05, 4.69) is 66.2 Å². The summed E-state index contributed by atoms with van der Waals surface area (Å²) in [6, 6.07) is 16.6. The molecule has 0 saturated carbocycles. The lowest BCUT2D eigenvalue weighted by molar-refractivity contribution is -0.121. The SMILES string of the molecule is CCCCC/C=C\C/C=C\C/C=C\C/C=C\CCCC(=O)NCCCCCNC(=O)c1ccc(-c2c3ccc(=[N+](C)C)cc-3oc3cc(N(C)C)ccc23)c(C(=O)O)c1. The van der Waals surface area contributed by atoms with Crippen LogP contribution in [0.5, 0.6) is 0 Å². The Bertz CT molecular complexity index is 2150. The van der Waals surface area contributed by atoms with Crippen molar-refractivity contribution in [3.63, 3.8) is 0 Å². The van der Waals surface area contributed by atoms with Crippen LogP contribution in [0.3, 0.4) is 0 Å². The lowest BCUT2D eigenvalue weighted by Crippen LogP contribution is -2.26. The molecule has 0 atom stereocenters. The third kappa shape index (κ3) is 14.9. The zero-order valence-electron chi connectivity index (χ0n) is 35.9. The van der Waals surface area contributed by atoms with Crippen molar-refractivity contribution in [2.24, 2.45) is 0 Å². The molecule has 3 N–H and O–H groups in total. The number of aromatic carboxylic acids is 1.